The molecule has 1 N–H and O–H groups in total. The van der Waals surface area contributed by atoms with E-state index in [1.54, 1.807) is 0 Å². The average Bonchev–Trinajstić information content (AvgIpc) is 2.27. The van der Waals surface area contributed by atoms with Crippen LogP contribution in [0.25, 0.3) is 0 Å². The largest absolute Gasteiger partial charge is 0.391 e. The summed E-state index contributed by atoms with van der Waals surface area (Å²) < 4.78 is 0. The normalized spacial score (nSPS) is 25.2. The zero-order chi connectivity index (χ0) is 11.5. The van der Waals surface area contributed by atoms with Crippen molar-refractivity contribution in [2.24, 2.45) is 5.92 Å². The predicted molar refractivity (Wildman–Crippen MR) is 65.0 cm³/mol. The minimum atomic E-state index is -0.169. The maximum atomic E-state index is 10.5. The van der Waals surface area contributed by atoms with E-state index in [4.69, 9.17) is 0 Å². The Morgan fingerprint density at radius 2 is 1.73 bits per heavy atom. The highest BCUT2D eigenvalue weighted by Crippen LogP contribution is 2.38. The van der Waals surface area contributed by atoms with Crippen molar-refractivity contribution in [1.29, 1.82) is 0 Å². The van der Waals surface area contributed by atoms with E-state index in [1.807, 2.05) is 0 Å². The summed E-state index contributed by atoms with van der Waals surface area (Å²) >= 11 is 0. The molecular formula is C13H27NO. The van der Waals surface area contributed by atoms with Gasteiger partial charge in [0.2, 0.25) is 0 Å². The molecule has 0 amide bonds. The molecule has 1 aliphatic rings. The lowest BCUT2D eigenvalue weighted by Gasteiger charge is -2.48. The van der Waals surface area contributed by atoms with Gasteiger partial charge in [-0.3, -0.25) is 0 Å². The van der Waals surface area contributed by atoms with Crippen LogP contribution in [0.1, 0.15) is 52.4 Å². The SMILES string of the molecule is CCC(C)C(O)C1(N(C)C)CCCCC1. The second kappa shape index (κ2) is 5.31. The molecule has 0 heterocycles. The second-order valence-electron chi connectivity index (χ2n) is 5.39. The van der Waals surface area contributed by atoms with Gasteiger partial charge >= 0.3 is 0 Å². The van der Waals surface area contributed by atoms with Crippen LogP contribution in [0.3, 0.4) is 0 Å². The summed E-state index contributed by atoms with van der Waals surface area (Å²) in [6, 6.07) is 0. The van der Waals surface area contributed by atoms with E-state index in [9.17, 15) is 5.11 Å². The van der Waals surface area contributed by atoms with Crippen LogP contribution in [0.2, 0.25) is 0 Å². The molecule has 0 aliphatic heterocycles. The number of aliphatic hydroxyl groups is 1. The minimum Gasteiger partial charge on any atom is -0.391 e. The molecule has 1 rings (SSSR count). The van der Waals surface area contributed by atoms with Crippen molar-refractivity contribution in [2.45, 2.75) is 64.0 Å². The minimum absolute atomic E-state index is 0.0493. The summed E-state index contributed by atoms with van der Waals surface area (Å²) in [5.74, 6) is 0.408. The number of rotatable bonds is 4. The molecule has 1 fully saturated rings. The first-order valence-corrected chi connectivity index (χ1v) is 6.40. The fourth-order valence-electron chi connectivity index (χ4n) is 2.92. The van der Waals surface area contributed by atoms with Gasteiger partial charge in [0, 0.05) is 5.54 Å². The molecule has 90 valence electrons. The van der Waals surface area contributed by atoms with E-state index in [-0.39, 0.29) is 11.6 Å². The number of hydrogen-bond donors (Lipinski definition) is 1. The third-order valence-electron chi connectivity index (χ3n) is 4.34. The lowest BCUT2D eigenvalue weighted by atomic mass is 9.72. The Hall–Kier alpha value is -0.0800. The van der Waals surface area contributed by atoms with E-state index in [1.165, 1.54) is 19.3 Å². The van der Waals surface area contributed by atoms with Crippen LogP contribution in [0.4, 0.5) is 0 Å². The second-order valence-corrected chi connectivity index (χ2v) is 5.39. The lowest BCUT2D eigenvalue weighted by molar-refractivity contribution is -0.0591. The molecule has 0 aromatic carbocycles. The predicted octanol–water partition coefficient (Wildman–Crippen LogP) is 2.66. The number of nitrogens with zero attached hydrogens (tertiary/aromatic N) is 1. The van der Waals surface area contributed by atoms with Gasteiger partial charge in [0.1, 0.15) is 0 Å². The summed E-state index contributed by atoms with van der Waals surface area (Å²) in [6.07, 6.45) is 7.09. The fraction of sp³-hybridized carbons (Fsp3) is 1.00. The molecule has 2 nitrogen and oxygen atoms in total. The maximum absolute atomic E-state index is 10.5. The van der Waals surface area contributed by atoms with Gasteiger partial charge in [-0.05, 0) is 32.9 Å². The highest BCUT2D eigenvalue weighted by Gasteiger charge is 2.42. The van der Waals surface area contributed by atoms with Gasteiger partial charge in [-0.2, -0.15) is 0 Å². The molecule has 0 bridgehead atoms. The number of aliphatic hydroxyl groups excluding tert-OH is 1. The van der Waals surface area contributed by atoms with Gasteiger partial charge in [-0.15, -0.1) is 0 Å². The van der Waals surface area contributed by atoms with Gasteiger partial charge in [0.25, 0.3) is 0 Å². The van der Waals surface area contributed by atoms with Gasteiger partial charge in [0.15, 0.2) is 0 Å². The Bertz CT molecular complexity index is 185. The van der Waals surface area contributed by atoms with E-state index in [2.05, 4.69) is 32.8 Å². The third-order valence-corrected chi connectivity index (χ3v) is 4.34. The first-order chi connectivity index (χ1) is 7.04. The van der Waals surface area contributed by atoms with Crippen LogP contribution < -0.4 is 0 Å². The van der Waals surface area contributed by atoms with Crippen LogP contribution in [-0.2, 0) is 0 Å². The molecule has 0 spiro atoms. The summed E-state index contributed by atoms with van der Waals surface area (Å²) in [5, 5.41) is 10.5. The summed E-state index contributed by atoms with van der Waals surface area (Å²) in [5.41, 5.74) is 0.0493. The molecule has 1 aliphatic carbocycles. The fourth-order valence-corrected chi connectivity index (χ4v) is 2.92. The monoisotopic (exact) mass is 213 g/mol. The molecule has 15 heavy (non-hydrogen) atoms. The van der Waals surface area contributed by atoms with Crippen molar-refractivity contribution in [2.75, 3.05) is 14.1 Å². The summed E-state index contributed by atoms with van der Waals surface area (Å²) in [4.78, 5) is 2.27. The average molecular weight is 213 g/mol. The molecule has 0 radical (unpaired) electrons. The highest BCUT2D eigenvalue weighted by molar-refractivity contribution is 4.98. The van der Waals surface area contributed by atoms with Crippen LogP contribution >= 0.6 is 0 Å². The Labute approximate surface area is 94.7 Å². The smallest absolute Gasteiger partial charge is 0.0748 e. The van der Waals surface area contributed by atoms with Gasteiger partial charge in [-0.1, -0.05) is 39.5 Å². The summed E-state index contributed by atoms with van der Waals surface area (Å²) in [7, 11) is 4.24. The summed E-state index contributed by atoms with van der Waals surface area (Å²) in [6.45, 7) is 4.34. The zero-order valence-electron chi connectivity index (χ0n) is 10.8. The van der Waals surface area contributed by atoms with E-state index in [0.29, 0.717) is 5.92 Å². The zero-order valence-corrected chi connectivity index (χ0v) is 10.8. The van der Waals surface area contributed by atoms with Crippen molar-refractivity contribution in [3.63, 3.8) is 0 Å². The Morgan fingerprint density at radius 3 is 2.13 bits per heavy atom. The molecule has 0 aromatic heterocycles. The molecule has 2 unspecified atom stereocenters. The van der Waals surface area contributed by atoms with Crippen LogP contribution in [-0.4, -0.2) is 35.7 Å². The van der Waals surface area contributed by atoms with Crippen molar-refractivity contribution in [1.82, 2.24) is 4.90 Å². The van der Waals surface area contributed by atoms with Gasteiger partial charge in [-0.25, -0.2) is 0 Å². The molecular weight excluding hydrogens is 186 g/mol. The molecule has 1 saturated carbocycles. The van der Waals surface area contributed by atoms with Crippen molar-refractivity contribution in [3.8, 4) is 0 Å². The maximum Gasteiger partial charge on any atom is 0.0748 e. The van der Waals surface area contributed by atoms with Crippen LogP contribution in [0, 0.1) is 5.92 Å². The molecule has 2 atom stereocenters. The Kier molecular flexibility index (Phi) is 4.60. The number of hydrogen-bond acceptors (Lipinski definition) is 2. The standard InChI is InChI=1S/C13H27NO/c1-5-11(2)12(15)13(14(3)4)9-7-6-8-10-13/h11-12,15H,5-10H2,1-4H3. The third kappa shape index (κ3) is 2.54. The van der Waals surface area contributed by atoms with Crippen molar-refractivity contribution < 1.29 is 5.11 Å². The van der Waals surface area contributed by atoms with Crippen molar-refractivity contribution in [3.05, 3.63) is 0 Å². The van der Waals surface area contributed by atoms with E-state index >= 15 is 0 Å². The van der Waals surface area contributed by atoms with Crippen LogP contribution in [0.5, 0.6) is 0 Å². The molecule has 0 saturated heterocycles. The van der Waals surface area contributed by atoms with Crippen LogP contribution in [0.15, 0.2) is 0 Å². The van der Waals surface area contributed by atoms with Crippen molar-refractivity contribution >= 4 is 0 Å². The van der Waals surface area contributed by atoms with Gasteiger partial charge in [0.05, 0.1) is 6.10 Å². The number of likely N-dealkylation sites (N-methyl/N-ethyl adjacent to an activating group) is 1. The lowest BCUT2D eigenvalue weighted by Crippen LogP contribution is -2.56. The molecule has 2 heteroatoms. The highest BCUT2D eigenvalue weighted by atomic mass is 16.3. The van der Waals surface area contributed by atoms with E-state index in [0.717, 1.165) is 19.3 Å². The topological polar surface area (TPSA) is 23.5 Å². The molecule has 0 aromatic rings. The first-order valence-electron chi connectivity index (χ1n) is 6.40. The Morgan fingerprint density at radius 1 is 1.20 bits per heavy atom. The van der Waals surface area contributed by atoms with E-state index < -0.39 is 0 Å². The first kappa shape index (κ1) is 13.0. The quantitative estimate of drug-likeness (QED) is 0.776. The van der Waals surface area contributed by atoms with Gasteiger partial charge < -0.3 is 10.0 Å². The Balaban J connectivity index is 2.79.